The molecule has 0 aromatic heterocycles. The zero-order valence-electron chi connectivity index (χ0n) is 22.6. The third-order valence-corrected chi connectivity index (χ3v) is 7.45. The Kier molecular flexibility index (Phi) is 22.0. The van der Waals surface area contributed by atoms with Crippen molar-refractivity contribution in [1.29, 1.82) is 0 Å². The van der Waals surface area contributed by atoms with Gasteiger partial charge in [-0.2, -0.15) is 8.42 Å². The SMILES string of the molecule is CCCCCCCCCCCCC(O)C(=O)NC(CS(=O)(=O)O)C(O)CCCCCCCCCC. The molecule has 0 bridgehead atoms. The van der Waals surface area contributed by atoms with Crippen LogP contribution in [-0.4, -0.2) is 53.1 Å². The molecule has 0 saturated carbocycles. The van der Waals surface area contributed by atoms with Crippen molar-refractivity contribution in [2.24, 2.45) is 0 Å². The Bertz CT molecular complexity index is 598. The van der Waals surface area contributed by atoms with Crippen molar-refractivity contribution < 1.29 is 28.0 Å². The highest BCUT2D eigenvalue weighted by molar-refractivity contribution is 7.85. The van der Waals surface area contributed by atoms with Gasteiger partial charge in [-0.05, 0) is 12.8 Å². The number of hydrogen-bond acceptors (Lipinski definition) is 5. The third-order valence-electron chi connectivity index (χ3n) is 6.67. The molecule has 0 aliphatic carbocycles. The van der Waals surface area contributed by atoms with Gasteiger partial charge in [-0.25, -0.2) is 0 Å². The molecular formula is C27H55NO6S. The lowest BCUT2D eigenvalue weighted by molar-refractivity contribution is -0.131. The minimum absolute atomic E-state index is 0.301. The third kappa shape index (κ3) is 22.2. The van der Waals surface area contributed by atoms with Crippen LogP contribution >= 0.6 is 0 Å². The molecule has 1 amide bonds. The first-order valence-electron chi connectivity index (χ1n) is 14.3. The van der Waals surface area contributed by atoms with Crippen LogP contribution in [-0.2, 0) is 14.9 Å². The van der Waals surface area contributed by atoms with Crippen LogP contribution in [0.4, 0.5) is 0 Å². The van der Waals surface area contributed by atoms with E-state index in [-0.39, 0.29) is 0 Å². The van der Waals surface area contributed by atoms with E-state index in [9.17, 15) is 28.0 Å². The first-order chi connectivity index (χ1) is 16.7. The second-order valence-corrected chi connectivity index (χ2v) is 11.7. The van der Waals surface area contributed by atoms with E-state index >= 15 is 0 Å². The highest BCUT2D eigenvalue weighted by atomic mass is 32.2. The molecule has 0 radical (unpaired) electrons. The van der Waals surface area contributed by atoms with E-state index in [1.54, 1.807) is 0 Å². The normalized spacial score (nSPS) is 14.5. The fourth-order valence-electron chi connectivity index (χ4n) is 4.40. The fourth-order valence-corrected chi connectivity index (χ4v) is 5.16. The standard InChI is InChI=1S/C27H55NO6S/c1-3-5-7-9-11-13-14-16-18-20-22-26(30)27(31)28-24(23-35(32,33)34)25(29)21-19-17-15-12-10-8-6-4-2/h24-26,29-30H,3-23H2,1-2H3,(H,28,31)(H,32,33,34). The molecule has 0 spiro atoms. The molecule has 0 saturated heterocycles. The van der Waals surface area contributed by atoms with Crippen LogP contribution in [0.15, 0.2) is 0 Å². The van der Waals surface area contributed by atoms with Crippen molar-refractivity contribution in [3.8, 4) is 0 Å². The van der Waals surface area contributed by atoms with Crippen LogP contribution < -0.4 is 5.32 Å². The van der Waals surface area contributed by atoms with Crippen molar-refractivity contribution in [3.63, 3.8) is 0 Å². The predicted octanol–water partition coefficient (Wildman–Crippen LogP) is 5.92. The monoisotopic (exact) mass is 521 g/mol. The molecule has 7 nitrogen and oxygen atoms in total. The first-order valence-corrected chi connectivity index (χ1v) is 15.9. The Balaban J connectivity index is 4.22. The molecule has 0 heterocycles. The van der Waals surface area contributed by atoms with Crippen molar-refractivity contribution >= 4 is 16.0 Å². The predicted molar refractivity (Wildman–Crippen MR) is 144 cm³/mol. The van der Waals surface area contributed by atoms with Crippen LogP contribution in [0.1, 0.15) is 142 Å². The van der Waals surface area contributed by atoms with Gasteiger partial charge >= 0.3 is 0 Å². The summed E-state index contributed by atoms with van der Waals surface area (Å²) >= 11 is 0. The largest absolute Gasteiger partial charge is 0.391 e. The summed E-state index contributed by atoms with van der Waals surface area (Å²) in [7, 11) is -4.38. The Hall–Kier alpha value is -0.700. The number of hydrogen-bond donors (Lipinski definition) is 4. The summed E-state index contributed by atoms with van der Waals surface area (Å²) in [6, 6.07) is -1.13. The summed E-state index contributed by atoms with van der Waals surface area (Å²) in [5.74, 6) is -1.45. The van der Waals surface area contributed by atoms with E-state index < -0.39 is 40.0 Å². The molecule has 3 atom stereocenters. The molecule has 8 heteroatoms. The topological polar surface area (TPSA) is 124 Å². The van der Waals surface area contributed by atoms with Gasteiger partial charge in [0.2, 0.25) is 5.91 Å². The summed E-state index contributed by atoms with van der Waals surface area (Å²) < 4.78 is 32.1. The van der Waals surface area contributed by atoms with E-state index in [0.29, 0.717) is 25.7 Å². The maximum absolute atomic E-state index is 12.4. The van der Waals surface area contributed by atoms with Crippen LogP contribution in [0.2, 0.25) is 0 Å². The number of rotatable bonds is 25. The molecule has 0 fully saturated rings. The van der Waals surface area contributed by atoms with Crippen molar-refractivity contribution in [1.82, 2.24) is 5.32 Å². The van der Waals surface area contributed by atoms with Gasteiger partial charge in [0, 0.05) is 0 Å². The Labute approximate surface area is 215 Å². The summed E-state index contributed by atoms with van der Waals surface area (Å²) in [5, 5.41) is 23.1. The smallest absolute Gasteiger partial charge is 0.266 e. The average molecular weight is 522 g/mol. The molecule has 0 rings (SSSR count). The number of aliphatic hydroxyl groups excluding tert-OH is 2. The second kappa shape index (κ2) is 22.5. The summed E-state index contributed by atoms with van der Waals surface area (Å²) in [5.41, 5.74) is 0. The highest BCUT2D eigenvalue weighted by Crippen LogP contribution is 2.14. The highest BCUT2D eigenvalue weighted by Gasteiger charge is 2.28. The van der Waals surface area contributed by atoms with Gasteiger partial charge in [0.1, 0.15) is 6.10 Å². The van der Waals surface area contributed by atoms with Crippen LogP contribution in [0.5, 0.6) is 0 Å². The van der Waals surface area contributed by atoms with Gasteiger partial charge in [-0.1, -0.05) is 129 Å². The van der Waals surface area contributed by atoms with E-state index in [1.165, 1.54) is 64.2 Å². The Morgan fingerprint density at radius 3 is 1.43 bits per heavy atom. The summed E-state index contributed by atoms with van der Waals surface area (Å²) in [6.45, 7) is 4.39. The molecular weight excluding hydrogens is 466 g/mol. The first kappa shape index (κ1) is 34.3. The van der Waals surface area contributed by atoms with Gasteiger partial charge < -0.3 is 15.5 Å². The van der Waals surface area contributed by atoms with Gasteiger partial charge in [0.15, 0.2) is 0 Å². The zero-order valence-corrected chi connectivity index (χ0v) is 23.4. The number of amides is 1. The van der Waals surface area contributed by atoms with Crippen molar-refractivity contribution in [2.75, 3.05) is 5.75 Å². The molecule has 0 aliphatic heterocycles. The Morgan fingerprint density at radius 1 is 0.657 bits per heavy atom. The van der Waals surface area contributed by atoms with Crippen molar-refractivity contribution in [3.05, 3.63) is 0 Å². The van der Waals surface area contributed by atoms with E-state index in [4.69, 9.17) is 0 Å². The Morgan fingerprint density at radius 2 is 1.03 bits per heavy atom. The lowest BCUT2D eigenvalue weighted by atomic mass is 10.0. The molecule has 4 N–H and O–H groups in total. The van der Waals surface area contributed by atoms with Crippen LogP contribution in [0.25, 0.3) is 0 Å². The minimum Gasteiger partial charge on any atom is -0.391 e. The van der Waals surface area contributed by atoms with E-state index in [2.05, 4.69) is 19.2 Å². The second-order valence-electron chi connectivity index (χ2n) is 10.2. The minimum atomic E-state index is -4.38. The quantitative estimate of drug-likeness (QED) is 0.0873. The molecule has 35 heavy (non-hydrogen) atoms. The fraction of sp³-hybridized carbons (Fsp3) is 0.963. The molecule has 0 aliphatic rings. The molecule has 0 aromatic carbocycles. The number of unbranched alkanes of at least 4 members (excludes halogenated alkanes) is 16. The summed E-state index contributed by atoms with van der Waals surface area (Å²) in [4.78, 5) is 12.4. The van der Waals surface area contributed by atoms with Gasteiger partial charge in [0.25, 0.3) is 10.1 Å². The van der Waals surface area contributed by atoms with E-state index in [1.807, 2.05) is 0 Å². The number of aliphatic hydroxyl groups is 2. The number of carbonyl (C=O) groups excluding carboxylic acids is 1. The molecule has 3 unspecified atom stereocenters. The number of nitrogens with one attached hydrogen (secondary N) is 1. The van der Waals surface area contributed by atoms with Gasteiger partial charge in [0.05, 0.1) is 17.9 Å². The molecule has 210 valence electrons. The number of carbonyl (C=O) groups is 1. The lowest BCUT2D eigenvalue weighted by Gasteiger charge is -2.24. The zero-order chi connectivity index (χ0) is 26.4. The van der Waals surface area contributed by atoms with Gasteiger partial charge in [-0.15, -0.1) is 0 Å². The van der Waals surface area contributed by atoms with E-state index in [0.717, 1.165) is 38.5 Å². The average Bonchev–Trinajstić information content (AvgIpc) is 2.80. The maximum Gasteiger partial charge on any atom is 0.266 e. The van der Waals surface area contributed by atoms with Gasteiger partial charge in [-0.3, -0.25) is 9.35 Å². The lowest BCUT2D eigenvalue weighted by Crippen LogP contribution is -2.50. The maximum atomic E-state index is 12.4. The molecule has 0 aromatic rings. The van der Waals surface area contributed by atoms with Crippen molar-refractivity contribution in [2.45, 2.75) is 161 Å². The summed E-state index contributed by atoms with van der Waals surface area (Å²) in [6.07, 6.45) is 18.6. The van der Waals surface area contributed by atoms with Crippen LogP contribution in [0, 0.1) is 0 Å². The van der Waals surface area contributed by atoms with Crippen LogP contribution in [0.3, 0.4) is 0 Å².